The number of nitrogens with one attached hydrogen (secondary N) is 1. The summed E-state index contributed by atoms with van der Waals surface area (Å²) >= 11 is 11.8. The maximum Gasteiger partial charge on any atom is 0.0595 e. The average Bonchev–Trinajstić information content (AvgIpc) is 2.09. The summed E-state index contributed by atoms with van der Waals surface area (Å²) in [5.74, 6) is 0. The van der Waals surface area contributed by atoms with E-state index < -0.39 is 0 Å². The van der Waals surface area contributed by atoms with Gasteiger partial charge in [0.1, 0.15) is 0 Å². The summed E-state index contributed by atoms with van der Waals surface area (Å²) in [6.45, 7) is 7.41. The predicted octanol–water partition coefficient (Wildman–Crippen LogP) is 3.92. The Morgan fingerprint density at radius 3 is 2.33 bits per heavy atom. The van der Waals surface area contributed by atoms with Crippen LogP contribution in [0.4, 0.5) is 0 Å². The van der Waals surface area contributed by atoms with Gasteiger partial charge in [0.2, 0.25) is 0 Å². The molecule has 1 aromatic rings. The molecule has 0 aliphatic rings. The van der Waals surface area contributed by atoms with E-state index in [1.54, 1.807) is 0 Å². The topological polar surface area (TPSA) is 12.0 Å². The molecule has 1 N–H and O–H groups in total. The molecule has 0 saturated heterocycles. The van der Waals surface area contributed by atoms with Gasteiger partial charge in [-0.1, -0.05) is 29.3 Å². The van der Waals surface area contributed by atoms with E-state index in [4.69, 9.17) is 23.2 Å². The van der Waals surface area contributed by atoms with Crippen molar-refractivity contribution in [2.24, 2.45) is 0 Å². The maximum absolute atomic E-state index is 5.93. The molecule has 0 atom stereocenters. The molecule has 0 spiro atoms. The summed E-state index contributed by atoms with van der Waals surface area (Å²) < 4.78 is 0. The van der Waals surface area contributed by atoms with Crippen LogP contribution in [0.1, 0.15) is 26.3 Å². The Balaban J connectivity index is 2.48. The van der Waals surface area contributed by atoms with Gasteiger partial charge in [0.05, 0.1) is 10.0 Å². The van der Waals surface area contributed by atoms with Crippen molar-refractivity contribution in [3.8, 4) is 0 Å². The molecule has 0 heterocycles. The third-order valence-corrected chi connectivity index (χ3v) is 2.79. The van der Waals surface area contributed by atoms with Gasteiger partial charge in [0, 0.05) is 5.54 Å². The highest BCUT2D eigenvalue weighted by atomic mass is 35.5. The largest absolute Gasteiger partial charge is 0.312 e. The zero-order valence-electron chi connectivity index (χ0n) is 9.40. The van der Waals surface area contributed by atoms with Crippen LogP contribution in [0.15, 0.2) is 18.2 Å². The van der Waals surface area contributed by atoms with Crippen LogP contribution in [0.5, 0.6) is 0 Å². The van der Waals surface area contributed by atoms with E-state index in [-0.39, 0.29) is 5.54 Å². The van der Waals surface area contributed by atoms with Gasteiger partial charge < -0.3 is 5.32 Å². The standard InChI is InChI=1S/C12H17Cl2N/c1-12(2,3)15-7-6-9-4-5-10(13)11(14)8-9/h4-5,8,15H,6-7H2,1-3H3. The summed E-state index contributed by atoms with van der Waals surface area (Å²) in [7, 11) is 0. The third kappa shape index (κ3) is 4.87. The van der Waals surface area contributed by atoms with Gasteiger partial charge in [-0.15, -0.1) is 0 Å². The molecule has 3 heteroatoms. The number of benzene rings is 1. The van der Waals surface area contributed by atoms with Crippen LogP contribution in [-0.4, -0.2) is 12.1 Å². The van der Waals surface area contributed by atoms with E-state index in [0.717, 1.165) is 13.0 Å². The zero-order valence-corrected chi connectivity index (χ0v) is 10.9. The lowest BCUT2D eigenvalue weighted by molar-refractivity contribution is 0.429. The molecule has 0 bridgehead atoms. The predicted molar refractivity (Wildman–Crippen MR) is 67.9 cm³/mol. The Labute approximate surface area is 102 Å². The van der Waals surface area contributed by atoms with Crippen molar-refractivity contribution < 1.29 is 0 Å². The second-order valence-corrected chi connectivity index (χ2v) is 5.49. The maximum atomic E-state index is 5.93. The van der Waals surface area contributed by atoms with Gasteiger partial charge in [-0.25, -0.2) is 0 Å². The summed E-state index contributed by atoms with van der Waals surface area (Å²) in [4.78, 5) is 0. The average molecular weight is 246 g/mol. The van der Waals surface area contributed by atoms with Gasteiger partial charge in [-0.2, -0.15) is 0 Å². The van der Waals surface area contributed by atoms with Crippen molar-refractivity contribution in [1.82, 2.24) is 5.32 Å². The third-order valence-electron chi connectivity index (χ3n) is 2.05. The molecule has 0 fully saturated rings. The van der Waals surface area contributed by atoms with Crippen molar-refractivity contribution in [3.05, 3.63) is 33.8 Å². The molecular weight excluding hydrogens is 229 g/mol. The monoisotopic (exact) mass is 245 g/mol. The fourth-order valence-corrected chi connectivity index (χ4v) is 1.60. The first-order valence-corrected chi connectivity index (χ1v) is 5.83. The van der Waals surface area contributed by atoms with Crippen LogP contribution in [0.2, 0.25) is 10.0 Å². The van der Waals surface area contributed by atoms with Gasteiger partial charge >= 0.3 is 0 Å². The van der Waals surface area contributed by atoms with Crippen LogP contribution >= 0.6 is 23.2 Å². The lowest BCUT2D eigenvalue weighted by Crippen LogP contribution is -2.37. The molecule has 0 unspecified atom stereocenters. The Morgan fingerprint density at radius 2 is 1.80 bits per heavy atom. The number of rotatable bonds is 3. The van der Waals surface area contributed by atoms with E-state index in [2.05, 4.69) is 26.1 Å². The van der Waals surface area contributed by atoms with Crippen LogP contribution in [0, 0.1) is 0 Å². The van der Waals surface area contributed by atoms with Crippen molar-refractivity contribution >= 4 is 23.2 Å². The van der Waals surface area contributed by atoms with Gasteiger partial charge in [-0.05, 0) is 51.4 Å². The SMILES string of the molecule is CC(C)(C)NCCc1ccc(Cl)c(Cl)c1. The smallest absolute Gasteiger partial charge is 0.0595 e. The minimum absolute atomic E-state index is 0.163. The highest BCUT2D eigenvalue weighted by molar-refractivity contribution is 6.42. The number of halogens is 2. The molecular formula is C12H17Cl2N. The van der Waals surface area contributed by atoms with E-state index >= 15 is 0 Å². The number of hydrogen-bond donors (Lipinski definition) is 1. The van der Waals surface area contributed by atoms with Crippen molar-refractivity contribution in [1.29, 1.82) is 0 Å². The second-order valence-electron chi connectivity index (χ2n) is 4.68. The van der Waals surface area contributed by atoms with Crippen LogP contribution < -0.4 is 5.32 Å². The van der Waals surface area contributed by atoms with E-state index in [0.29, 0.717) is 10.0 Å². The first-order chi connectivity index (χ1) is 6.88. The minimum Gasteiger partial charge on any atom is -0.312 e. The molecule has 1 nitrogen and oxygen atoms in total. The van der Waals surface area contributed by atoms with Gasteiger partial charge in [-0.3, -0.25) is 0 Å². The molecule has 0 saturated carbocycles. The molecule has 84 valence electrons. The van der Waals surface area contributed by atoms with Crippen molar-refractivity contribution in [2.75, 3.05) is 6.54 Å². The quantitative estimate of drug-likeness (QED) is 0.852. The molecule has 15 heavy (non-hydrogen) atoms. The fraction of sp³-hybridized carbons (Fsp3) is 0.500. The van der Waals surface area contributed by atoms with E-state index in [1.165, 1.54) is 5.56 Å². The highest BCUT2D eigenvalue weighted by Crippen LogP contribution is 2.22. The van der Waals surface area contributed by atoms with Crippen LogP contribution in [-0.2, 0) is 6.42 Å². The van der Waals surface area contributed by atoms with E-state index in [9.17, 15) is 0 Å². The van der Waals surface area contributed by atoms with E-state index in [1.807, 2.05) is 18.2 Å². The normalized spacial score (nSPS) is 11.8. The van der Waals surface area contributed by atoms with Crippen LogP contribution in [0.3, 0.4) is 0 Å². The molecule has 0 aliphatic heterocycles. The summed E-state index contributed by atoms with van der Waals surface area (Å²) in [6, 6.07) is 5.78. The van der Waals surface area contributed by atoms with Crippen molar-refractivity contribution in [2.45, 2.75) is 32.7 Å². The lowest BCUT2D eigenvalue weighted by Gasteiger charge is -2.20. The summed E-state index contributed by atoms with van der Waals surface area (Å²) in [6.07, 6.45) is 0.966. The molecule has 0 radical (unpaired) electrons. The van der Waals surface area contributed by atoms with Crippen molar-refractivity contribution in [3.63, 3.8) is 0 Å². The Bertz CT molecular complexity index is 329. The highest BCUT2D eigenvalue weighted by Gasteiger charge is 2.07. The molecule has 1 aromatic carbocycles. The van der Waals surface area contributed by atoms with Gasteiger partial charge in [0.15, 0.2) is 0 Å². The number of hydrogen-bond acceptors (Lipinski definition) is 1. The summed E-state index contributed by atoms with van der Waals surface area (Å²) in [5.41, 5.74) is 1.37. The molecule has 1 rings (SSSR count). The summed E-state index contributed by atoms with van der Waals surface area (Å²) in [5, 5.41) is 4.67. The zero-order chi connectivity index (χ0) is 11.5. The van der Waals surface area contributed by atoms with Crippen LogP contribution in [0.25, 0.3) is 0 Å². The first-order valence-electron chi connectivity index (χ1n) is 5.07. The fourth-order valence-electron chi connectivity index (χ4n) is 1.28. The Hall–Kier alpha value is -0.240. The second kappa shape index (κ2) is 5.20. The minimum atomic E-state index is 0.163. The molecule has 0 aromatic heterocycles. The van der Waals surface area contributed by atoms with Gasteiger partial charge in [0.25, 0.3) is 0 Å². The molecule has 0 amide bonds. The lowest BCUT2D eigenvalue weighted by atomic mass is 10.1. The Kier molecular flexibility index (Phi) is 4.45. The first kappa shape index (κ1) is 12.8. The Morgan fingerprint density at radius 1 is 1.13 bits per heavy atom. The molecule has 0 aliphatic carbocycles.